The molecule has 0 atom stereocenters. The summed E-state index contributed by atoms with van der Waals surface area (Å²) in [5.74, 6) is 0. The largest absolute Gasteiger partial charge is 0.383 e. The topological polar surface area (TPSA) is 55.2 Å². The normalized spacial score (nSPS) is 10.3. The molecule has 1 N–H and O–H groups in total. The first-order chi connectivity index (χ1) is 9.58. The minimum absolute atomic E-state index is 0.121. The van der Waals surface area contributed by atoms with E-state index >= 15 is 0 Å². The number of halogens is 2. The third-order valence-electron chi connectivity index (χ3n) is 2.83. The van der Waals surface area contributed by atoms with Crippen molar-refractivity contribution < 1.29 is 4.92 Å². The van der Waals surface area contributed by atoms with E-state index in [1.165, 1.54) is 12.1 Å². The summed E-state index contributed by atoms with van der Waals surface area (Å²) in [4.78, 5) is 10.2. The zero-order chi connectivity index (χ0) is 14.5. The summed E-state index contributed by atoms with van der Waals surface area (Å²) in [6.45, 7) is 0.749. The van der Waals surface area contributed by atoms with Crippen LogP contribution in [0.2, 0.25) is 0 Å². The molecule has 0 saturated carbocycles. The first-order valence-corrected chi connectivity index (χ1v) is 7.58. The lowest BCUT2D eigenvalue weighted by Crippen LogP contribution is -2.06. The second-order valence-electron chi connectivity index (χ2n) is 4.20. The van der Waals surface area contributed by atoms with Gasteiger partial charge in [-0.3, -0.25) is 10.1 Å². The van der Waals surface area contributed by atoms with Gasteiger partial charge in [0.2, 0.25) is 0 Å². The van der Waals surface area contributed by atoms with Crippen molar-refractivity contribution in [3.05, 3.63) is 67.1 Å². The average Bonchev–Trinajstić information content (AvgIpc) is 2.42. The molecule has 0 aromatic heterocycles. The van der Waals surface area contributed by atoms with E-state index in [0.29, 0.717) is 0 Å². The van der Waals surface area contributed by atoms with E-state index < -0.39 is 0 Å². The van der Waals surface area contributed by atoms with Crippen molar-refractivity contribution in [1.82, 2.24) is 0 Å². The monoisotopic (exact) mass is 398 g/mol. The van der Waals surface area contributed by atoms with Crippen molar-refractivity contribution in [2.45, 2.75) is 6.42 Å². The summed E-state index contributed by atoms with van der Waals surface area (Å²) in [6.07, 6.45) is 0.797. The number of nitro benzene ring substituents is 1. The Morgan fingerprint density at radius 1 is 1.05 bits per heavy atom. The Hall–Kier alpha value is -1.40. The number of hydrogen-bond donors (Lipinski definition) is 1. The molecule has 0 heterocycles. The van der Waals surface area contributed by atoms with Gasteiger partial charge in [-0.15, -0.1) is 0 Å². The van der Waals surface area contributed by atoms with Crippen molar-refractivity contribution in [1.29, 1.82) is 0 Å². The van der Waals surface area contributed by atoms with Crippen LogP contribution in [0.4, 0.5) is 11.4 Å². The molecule has 0 aliphatic heterocycles. The van der Waals surface area contributed by atoms with Crippen LogP contribution in [0.15, 0.2) is 51.4 Å². The molecular formula is C14H12Br2N2O2. The van der Waals surface area contributed by atoms with Gasteiger partial charge < -0.3 is 5.32 Å². The number of nitrogens with one attached hydrogen (secondary N) is 1. The summed E-state index contributed by atoms with van der Waals surface area (Å²) in [7, 11) is 0. The maximum atomic E-state index is 10.6. The van der Waals surface area contributed by atoms with E-state index in [1.54, 1.807) is 12.1 Å². The number of nitro groups is 1. The summed E-state index contributed by atoms with van der Waals surface area (Å²) in [5.41, 5.74) is 2.19. The Balaban J connectivity index is 1.94. The molecule has 0 aliphatic carbocycles. The summed E-state index contributed by atoms with van der Waals surface area (Å²) >= 11 is 6.98. The number of benzene rings is 2. The van der Waals surface area contributed by atoms with Crippen LogP contribution in [0.3, 0.4) is 0 Å². The van der Waals surface area contributed by atoms with E-state index in [0.717, 1.165) is 33.2 Å². The third-order valence-corrected chi connectivity index (χ3v) is 4.15. The molecule has 0 aliphatic rings. The highest BCUT2D eigenvalue weighted by atomic mass is 79.9. The summed E-state index contributed by atoms with van der Waals surface area (Å²) in [5, 5.41) is 13.9. The molecule has 104 valence electrons. The lowest BCUT2D eigenvalue weighted by atomic mass is 10.1. The molecule has 0 radical (unpaired) electrons. The second-order valence-corrected chi connectivity index (χ2v) is 5.91. The Labute approximate surface area is 133 Å². The minimum atomic E-state index is -0.389. The standard InChI is InChI=1S/C14H12Br2N2O2/c15-12-2-1-3-13(16)14(12)17-9-8-10-4-6-11(7-5-10)18(19)20/h1-7,17H,8-9H2. The van der Waals surface area contributed by atoms with Crippen LogP contribution in [-0.4, -0.2) is 11.5 Å². The van der Waals surface area contributed by atoms with Gasteiger partial charge in [0.1, 0.15) is 0 Å². The summed E-state index contributed by atoms with van der Waals surface area (Å²) in [6, 6.07) is 12.5. The third kappa shape index (κ3) is 3.80. The van der Waals surface area contributed by atoms with Crippen LogP contribution in [0, 0.1) is 10.1 Å². The van der Waals surface area contributed by atoms with Crippen LogP contribution in [-0.2, 0) is 6.42 Å². The van der Waals surface area contributed by atoms with Crippen LogP contribution >= 0.6 is 31.9 Å². The second kappa shape index (κ2) is 6.85. The van der Waals surface area contributed by atoms with Crippen molar-refractivity contribution in [3.8, 4) is 0 Å². The van der Waals surface area contributed by atoms with Crippen LogP contribution in [0.5, 0.6) is 0 Å². The molecule has 2 rings (SSSR count). The number of anilines is 1. The van der Waals surface area contributed by atoms with Gasteiger partial charge in [0.05, 0.1) is 10.6 Å². The van der Waals surface area contributed by atoms with Gasteiger partial charge in [-0.1, -0.05) is 18.2 Å². The summed E-state index contributed by atoms with van der Waals surface area (Å²) < 4.78 is 1.99. The van der Waals surface area contributed by atoms with Crippen molar-refractivity contribution in [2.75, 3.05) is 11.9 Å². The molecule has 0 unspecified atom stereocenters. The highest BCUT2D eigenvalue weighted by Gasteiger charge is 2.05. The fraction of sp³-hybridized carbons (Fsp3) is 0.143. The number of nitrogens with zero attached hydrogens (tertiary/aromatic N) is 1. The van der Waals surface area contributed by atoms with E-state index in [2.05, 4.69) is 37.2 Å². The zero-order valence-electron chi connectivity index (χ0n) is 10.5. The highest BCUT2D eigenvalue weighted by Crippen LogP contribution is 2.30. The number of rotatable bonds is 5. The SMILES string of the molecule is O=[N+]([O-])c1ccc(CCNc2c(Br)cccc2Br)cc1. The Morgan fingerprint density at radius 2 is 1.65 bits per heavy atom. The lowest BCUT2D eigenvalue weighted by Gasteiger charge is -2.10. The minimum Gasteiger partial charge on any atom is -0.383 e. The molecule has 20 heavy (non-hydrogen) atoms. The van der Waals surface area contributed by atoms with E-state index in [9.17, 15) is 10.1 Å². The molecule has 0 bridgehead atoms. The first kappa shape index (κ1) is 15.0. The number of non-ortho nitro benzene ring substituents is 1. The average molecular weight is 400 g/mol. The molecule has 0 saturated heterocycles. The molecule has 6 heteroatoms. The fourth-order valence-corrected chi connectivity index (χ4v) is 3.06. The Bertz CT molecular complexity index is 595. The predicted octanol–water partition coefficient (Wildman–Crippen LogP) is 4.77. The molecule has 2 aromatic carbocycles. The molecular weight excluding hydrogens is 388 g/mol. The lowest BCUT2D eigenvalue weighted by molar-refractivity contribution is -0.384. The van der Waals surface area contributed by atoms with Gasteiger partial charge in [0, 0.05) is 27.6 Å². The Kier molecular flexibility index (Phi) is 5.14. The first-order valence-electron chi connectivity index (χ1n) is 5.99. The van der Waals surface area contributed by atoms with Crippen LogP contribution in [0.25, 0.3) is 0 Å². The fourth-order valence-electron chi connectivity index (χ4n) is 1.78. The van der Waals surface area contributed by atoms with Crippen molar-refractivity contribution >= 4 is 43.2 Å². The van der Waals surface area contributed by atoms with Gasteiger partial charge >= 0.3 is 0 Å². The maximum Gasteiger partial charge on any atom is 0.269 e. The smallest absolute Gasteiger partial charge is 0.269 e. The molecule has 0 spiro atoms. The van der Waals surface area contributed by atoms with Crippen molar-refractivity contribution in [2.24, 2.45) is 0 Å². The van der Waals surface area contributed by atoms with Crippen molar-refractivity contribution in [3.63, 3.8) is 0 Å². The predicted molar refractivity (Wildman–Crippen MR) is 87.1 cm³/mol. The molecule has 0 fully saturated rings. The zero-order valence-corrected chi connectivity index (χ0v) is 13.6. The van der Waals surface area contributed by atoms with Gasteiger partial charge in [-0.2, -0.15) is 0 Å². The maximum absolute atomic E-state index is 10.6. The molecule has 4 nitrogen and oxygen atoms in total. The quantitative estimate of drug-likeness (QED) is 0.581. The molecule has 0 amide bonds. The van der Waals surface area contributed by atoms with E-state index in [4.69, 9.17) is 0 Å². The van der Waals surface area contributed by atoms with Gasteiger partial charge in [-0.25, -0.2) is 0 Å². The van der Waals surface area contributed by atoms with Gasteiger partial charge in [-0.05, 0) is 56.0 Å². The highest BCUT2D eigenvalue weighted by molar-refractivity contribution is 9.11. The molecule has 2 aromatic rings. The van der Waals surface area contributed by atoms with Gasteiger partial charge in [0.15, 0.2) is 0 Å². The number of hydrogen-bond acceptors (Lipinski definition) is 3. The van der Waals surface area contributed by atoms with Crippen LogP contribution < -0.4 is 5.32 Å². The van der Waals surface area contributed by atoms with E-state index in [1.807, 2.05) is 18.2 Å². The number of para-hydroxylation sites is 1. The van der Waals surface area contributed by atoms with E-state index in [-0.39, 0.29) is 10.6 Å². The van der Waals surface area contributed by atoms with Gasteiger partial charge in [0.25, 0.3) is 5.69 Å². The van der Waals surface area contributed by atoms with Crippen LogP contribution in [0.1, 0.15) is 5.56 Å². The Morgan fingerprint density at radius 3 is 2.20 bits per heavy atom.